The van der Waals surface area contributed by atoms with Gasteiger partial charge in [-0.1, -0.05) is 72.6 Å². The van der Waals surface area contributed by atoms with E-state index in [0.717, 1.165) is 31.6 Å². The molecule has 0 aliphatic rings. The van der Waals surface area contributed by atoms with Crippen LogP contribution in [0.3, 0.4) is 0 Å². The monoisotopic (exact) mass is 404 g/mol. The first-order chi connectivity index (χ1) is 13.9. The molecule has 0 saturated carbocycles. The van der Waals surface area contributed by atoms with Crippen LogP contribution in [-0.4, -0.2) is 23.1 Å². The maximum atomic E-state index is 12.6. The molecule has 0 aromatic heterocycles. The zero-order valence-corrected chi connectivity index (χ0v) is 18.8. The molecule has 0 amide bonds. The lowest BCUT2D eigenvalue weighted by Crippen LogP contribution is -2.22. The van der Waals surface area contributed by atoms with Crippen molar-refractivity contribution < 1.29 is 19.4 Å². The van der Waals surface area contributed by atoms with E-state index in [2.05, 4.69) is 27.7 Å². The van der Waals surface area contributed by atoms with Gasteiger partial charge in [-0.3, -0.25) is 0 Å². The van der Waals surface area contributed by atoms with Crippen molar-refractivity contribution in [1.29, 1.82) is 0 Å². The van der Waals surface area contributed by atoms with Gasteiger partial charge in [-0.25, -0.2) is 9.59 Å². The highest BCUT2D eigenvalue weighted by Crippen LogP contribution is 2.24. The molecule has 1 rings (SSSR count). The largest absolute Gasteiger partial charge is 0.478 e. The van der Waals surface area contributed by atoms with E-state index in [1.165, 1.54) is 50.7 Å². The topological polar surface area (TPSA) is 63.6 Å². The minimum atomic E-state index is -0.995. The SMILES string of the molecule is CCCCC(CC)CC(CCCCCC(C)C)OC(=O)c1ccc(C(=O)O)cc1. The molecular weight excluding hydrogens is 364 g/mol. The van der Waals surface area contributed by atoms with Gasteiger partial charge in [-0.05, 0) is 55.4 Å². The first-order valence-corrected chi connectivity index (χ1v) is 11.4. The van der Waals surface area contributed by atoms with E-state index < -0.39 is 5.97 Å². The second-order valence-electron chi connectivity index (χ2n) is 8.59. The zero-order valence-electron chi connectivity index (χ0n) is 18.8. The molecule has 0 radical (unpaired) electrons. The predicted octanol–water partition coefficient (Wildman–Crippen LogP) is 7.12. The average Bonchev–Trinajstić information content (AvgIpc) is 2.70. The van der Waals surface area contributed by atoms with Crippen LogP contribution in [0.25, 0.3) is 0 Å². The number of hydrogen-bond donors (Lipinski definition) is 1. The average molecular weight is 405 g/mol. The number of esters is 1. The molecule has 2 unspecified atom stereocenters. The van der Waals surface area contributed by atoms with Crippen molar-refractivity contribution in [2.24, 2.45) is 11.8 Å². The fourth-order valence-corrected chi connectivity index (χ4v) is 3.65. The molecular formula is C25H40O4. The fourth-order valence-electron chi connectivity index (χ4n) is 3.65. The molecule has 0 aliphatic heterocycles. The van der Waals surface area contributed by atoms with E-state index >= 15 is 0 Å². The van der Waals surface area contributed by atoms with Gasteiger partial charge in [-0.2, -0.15) is 0 Å². The molecule has 0 spiro atoms. The van der Waals surface area contributed by atoms with Crippen LogP contribution < -0.4 is 0 Å². The van der Waals surface area contributed by atoms with Gasteiger partial charge in [0.05, 0.1) is 11.1 Å². The number of unbranched alkanes of at least 4 members (excludes halogenated alkanes) is 3. The number of carboxylic acids is 1. The van der Waals surface area contributed by atoms with Crippen LogP contribution in [0.1, 0.15) is 113 Å². The molecule has 0 bridgehead atoms. The Balaban J connectivity index is 2.69. The van der Waals surface area contributed by atoms with E-state index in [0.29, 0.717) is 11.5 Å². The Morgan fingerprint density at radius 2 is 1.52 bits per heavy atom. The number of benzene rings is 1. The van der Waals surface area contributed by atoms with Crippen LogP contribution in [0.5, 0.6) is 0 Å². The van der Waals surface area contributed by atoms with Gasteiger partial charge in [0.1, 0.15) is 6.10 Å². The number of hydrogen-bond acceptors (Lipinski definition) is 3. The molecule has 29 heavy (non-hydrogen) atoms. The highest BCUT2D eigenvalue weighted by Gasteiger charge is 2.20. The van der Waals surface area contributed by atoms with Crippen molar-refractivity contribution in [1.82, 2.24) is 0 Å². The van der Waals surface area contributed by atoms with Crippen molar-refractivity contribution in [3.8, 4) is 0 Å². The summed E-state index contributed by atoms with van der Waals surface area (Å²) >= 11 is 0. The molecule has 2 atom stereocenters. The predicted molar refractivity (Wildman–Crippen MR) is 118 cm³/mol. The molecule has 164 valence electrons. The van der Waals surface area contributed by atoms with Gasteiger partial charge in [0.25, 0.3) is 0 Å². The number of aromatic carboxylic acids is 1. The van der Waals surface area contributed by atoms with E-state index in [1.807, 2.05) is 0 Å². The minimum absolute atomic E-state index is 0.0671. The summed E-state index contributed by atoms with van der Waals surface area (Å²) in [7, 11) is 0. The quantitative estimate of drug-likeness (QED) is 0.249. The van der Waals surface area contributed by atoms with E-state index in [-0.39, 0.29) is 17.6 Å². The second kappa shape index (κ2) is 14.2. The summed E-state index contributed by atoms with van der Waals surface area (Å²) in [5.74, 6) is -0.0286. The van der Waals surface area contributed by atoms with Crippen LogP contribution >= 0.6 is 0 Å². The Kier molecular flexibility index (Phi) is 12.3. The van der Waals surface area contributed by atoms with Crippen LogP contribution in [0.15, 0.2) is 24.3 Å². The third-order valence-electron chi connectivity index (χ3n) is 5.59. The van der Waals surface area contributed by atoms with Gasteiger partial charge < -0.3 is 9.84 Å². The summed E-state index contributed by atoms with van der Waals surface area (Å²) in [4.78, 5) is 23.6. The van der Waals surface area contributed by atoms with Gasteiger partial charge in [0.15, 0.2) is 0 Å². The third kappa shape index (κ3) is 10.5. The van der Waals surface area contributed by atoms with Gasteiger partial charge in [0.2, 0.25) is 0 Å². The van der Waals surface area contributed by atoms with Crippen molar-refractivity contribution in [3.05, 3.63) is 35.4 Å². The van der Waals surface area contributed by atoms with Crippen LogP contribution in [0.2, 0.25) is 0 Å². The zero-order chi connectivity index (χ0) is 21.6. The fraction of sp³-hybridized carbons (Fsp3) is 0.680. The third-order valence-corrected chi connectivity index (χ3v) is 5.59. The van der Waals surface area contributed by atoms with Crippen molar-refractivity contribution in [2.45, 2.75) is 98.0 Å². The summed E-state index contributed by atoms with van der Waals surface area (Å²) in [6, 6.07) is 5.99. The molecule has 0 fully saturated rings. The number of ether oxygens (including phenoxy) is 1. The van der Waals surface area contributed by atoms with Gasteiger partial charge in [-0.15, -0.1) is 0 Å². The summed E-state index contributed by atoms with van der Waals surface area (Å²) in [5.41, 5.74) is 0.593. The molecule has 4 nitrogen and oxygen atoms in total. The number of carbonyl (C=O) groups excluding carboxylic acids is 1. The summed E-state index contributed by atoms with van der Waals surface area (Å²) in [6.07, 6.45) is 11.2. The van der Waals surface area contributed by atoms with Gasteiger partial charge in [0, 0.05) is 0 Å². The second-order valence-corrected chi connectivity index (χ2v) is 8.59. The van der Waals surface area contributed by atoms with Crippen LogP contribution in [0.4, 0.5) is 0 Å². The highest BCUT2D eigenvalue weighted by molar-refractivity contribution is 5.92. The number of rotatable bonds is 15. The standard InChI is InChI=1S/C25H40O4/c1-5-7-12-20(6-2)18-23(13-10-8-9-11-19(3)4)29-25(28)22-16-14-21(15-17-22)24(26)27/h14-17,19-20,23H,5-13,18H2,1-4H3,(H,26,27). The Hall–Kier alpha value is -1.84. The first-order valence-electron chi connectivity index (χ1n) is 11.4. The van der Waals surface area contributed by atoms with E-state index in [1.54, 1.807) is 12.1 Å². The lowest BCUT2D eigenvalue weighted by molar-refractivity contribution is 0.0205. The Bertz CT molecular complexity index is 591. The molecule has 1 aromatic carbocycles. The first kappa shape index (κ1) is 25.2. The summed E-state index contributed by atoms with van der Waals surface area (Å²) < 4.78 is 5.89. The summed E-state index contributed by atoms with van der Waals surface area (Å²) in [6.45, 7) is 8.92. The Morgan fingerprint density at radius 1 is 0.897 bits per heavy atom. The highest BCUT2D eigenvalue weighted by atomic mass is 16.5. The van der Waals surface area contributed by atoms with E-state index in [9.17, 15) is 9.59 Å². The molecule has 0 aliphatic carbocycles. The van der Waals surface area contributed by atoms with Gasteiger partial charge >= 0.3 is 11.9 Å². The van der Waals surface area contributed by atoms with E-state index in [4.69, 9.17) is 9.84 Å². The Morgan fingerprint density at radius 3 is 2.07 bits per heavy atom. The smallest absolute Gasteiger partial charge is 0.338 e. The molecule has 0 heterocycles. The lowest BCUT2D eigenvalue weighted by atomic mass is 9.91. The minimum Gasteiger partial charge on any atom is -0.478 e. The van der Waals surface area contributed by atoms with Crippen LogP contribution in [0, 0.1) is 11.8 Å². The number of carbonyl (C=O) groups is 2. The maximum Gasteiger partial charge on any atom is 0.338 e. The molecule has 4 heteroatoms. The van der Waals surface area contributed by atoms with Crippen LogP contribution in [-0.2, 0) is 4.74 Å². The molecule has 1 aromatic rings. The maximum absolute atomic E-state index is 12.6. The lowest BCUT2D eigenvalue weighted by Gasteiger charge is -2.23. The normalized spacial score (nSPS) is 13.3. The van der Waals surface area contributed by atoms with Crippen molar-refractivity contribution in [3.63, 3.8) is 0 Å². The molecule has 0 saturated heterocycles. The van der Waals surface area contributed by atoms with Crippen molar-refractivity contribution in [2.75, 3.05) is 0 Å². The Labute approximate surface area is 177 Å². The summed E-state index contributed by atoms with van der Waals surface area (Å²) in [5, 5.41) is 9.02. The number of carboxylic acid groups (broad SMARTS) is 1. The van der Waals surface area contributed by atoms with Crippen molar-refractivity contribution >= 4 is 11.9 Å². The molecule has 1 N–H and O–H groups in total.